The maximum atomic E-state index is 13.9. The van der Waals surface area contributed by atoms with E-state index in [0.29, 0.717) is 54.9 Å². The molecule has 0 radical (unpaired) electrons. The summed E-state index contributed by atoms with van der Waals surface area (Å²) in [4.78, 5) is 23.7. The van der Waals surface area contributed by atoms with Crippen molar-refractivity contribution in [2.45, 2.75) is 6.43 Å². The van der Waals surface area contributed by atoms with E-state index in [1.807, 2.05) is 4.90 Å². The highest BCUT2D eigenvalue weighted by Crippen LogP contribution is 2.28. The molecule has 0 unspecified atom stereocenters. The van der Waals surface area contributed by atoms with Gasteiger partial charge in [-0.3, -0.25) is 4.57 Å². The quantitative estimate of drug-likeness (QED) is 0.471. The molecule has 1 saturated heterocycles. The second-order valence-corrected chi connectivity index (χ2v) is 7.17. The minimum Gasteiger partial charge on any atom is -0.481 e. The van der Waals surface area contributed by atoms with Gasteiger partial charge in [-0.1, -0.05) is 12.1 Å². The minimum atomic E-state index is -2.82. The first-order valence-corrected chi connectivity index (χ1v) is 10.2. The molecule has 1 aromatic carbocycles. The molecular weight excluding hydrogens is 434 g/mol. The highest BCUT2D eigenvalue weighted by atomic mass is 19.3. The van der Waals surface area contributed by atoms with Crippen LogP contribution in [0.1, 0.15) is 12.2 Å². The Morgan fingerprint density at radius 1 is 1.00 bits per heavy atom. The van der Waals surface area contributed by atoms with Crippen LogP contribution in [-0.2, 0) is 4.74 Å². The summed E-state index contributed by atoms with van der Waals surface area (Å²) >= 11 is 0. The molecule has 33 heavy (non-hydrogen) atoms. The summed E-state index contributed by atoms with van der Waals surface area (Å²) in [5, 5.41) is 3.07. The zero-order chi connectivity index (χ0) is 22.8. The number of aromatic nitrogens is 6. The maximum absolute atomic E-state index is 13.9. The van der Waals surface area contributed by atoms with Gasteiger partial charge in [-0.25, -0.2) is 18.7 Å². The van der Waals surface area contributed by atoms with Crippen molar-refractivity contribution in [3.05, 3.63) is 48.4 Å². The summed E-state index contributed by atoms with van der Waals surface area (Å²) in [7, 11) is 1.53. The van der Waals surface area contributed by atoms with Crippen molar-refractivity contribution in [3.8, 4) is 11.8 Å². The van der Waals surface area contributed by atoms with E-state index in [2.05, 4.69) is 30.2 Å². The zero-order valence-corrected chi connectivity index (χ0v) is 17.7. The standard InChI is InChI=1S/C21H20F2N8O2/c1-32-16-7-6-13(12-24-16)25-19-27-20(30-8-10-33-11-9-30)29-21(28-19)31-15-5-3-2-4-14(15)26-18(31)17(22)23/h2-7,12,17H,8-11H2,1H3,(H,25,27,28,29). The van der Waals surface area contributed by atoms with E-state index < -0.39 is 12.2 Å². The summed E-state index contributed by atoms with van der Waals surface area (Å²) < 4.78 is 39.6. The molecule has 0 aliphatic carbocycles. The Bertz CT molecular complexity index is 1260. The van der Waals surface area contributed by atoms with Gasteiger partial charge in [-0.05, 0) is 18.2 Å². The lowest BCUT2D eigenvalue weighted by Crippen LogP contribution is -2.37. The largest absolute Gasteiger partial charge is 0.481 e. The van der Waals surface area contributed by atoms with Crippen molar-refractivity contribution >= 4 is 28.6 Å². The summed E-state index contributed by atoms with van der Waals surface area (Å²) in [6.45, 7) is 2.17. The number of anilines is 3. The van der Waals surface area contributed by atoms with Crippen molar-refractivity contribution in [1.29, 1.82) is 0 Å². The fraction of sp³-hybridized carbons (Fsp3) is 0.286. The van der Waals surface area contributed by atoms with E-state index in [9.17, 15) is 8.78 Å². The minimum absolute atomic E-state index is 0.0412. The topological polar surface area (TPSA) is 103 Å². The van der Waals surface area contributed by atoms with Crippen molar-refractivity contribution in [1.82, 2.24) is 29.5 Å². The van der Waals surface area contributed by atoms with E-state index in [1.165, 1.54) is 11.7 Å². The molecular formula is C21H20F2N8O2. The second-order valence-electron chi connectivity index (χ2n) is 7.17. The Kier molecular flexibility index (Phi) is 5.65. The van der Waals surface area contributed by atoms with E-state index in [4.69, 9.17) is 9.47 Å². The molecule has 0 amide bonds. The number of para-hydroxylation sites is 2. The lowest BCUT2D eigenvalue weighted by atomic mass is 10.3. The first kappa shape index (κ1) is 20.9. The van der Waals surface area contributed by atoms with E-state index >= 15 is 0 Å². The lowest BCUT2D eigenvalue weighted by molar-refractivity contribution is 0.122. The summed E-state index contributed by atoms with van der Waals surface area (Å²) in [5.41, 5.74) is 1.50. The highest BCUT2D eigenvalue weighted by Gasteiger charge is 2.24. The number of fused-ring (bicyclic) bond motifs is 1. The molecule has 170 valence electrons. The van der Waals surface area contributed by atoms with Crippen LogP contribution < -0.4 is 15.0 Å². The Balaban J connectivity index is 1.63. The Morgan fingerprint density at radius 2 is 1.79 bits per heavy atom. The van der Waals surface area contributed by atoms with Crippen LogP contribution in [0.5, 0.6) is 5.88 Å². The number of halogens is 2. The van der Waals surface area contributed by atoms with Gasteiger partial charge in [0.25, 0.3) is 6.43 Å². The monoisotopic (exact) mass is 454 g/mol. The molecule has 4 heterocycles. The molecule has 0 atom stereocenters. The van der Waals surface area contributed by atoms with E-state index in [-0.39, 0.29) is 11.9 Å². The first-order chi connectivity index (χ1) is 16.1. The summed E-state index contributed by atoms with van der Waals surface area (Å²) in [6, 6.07) is 10.3. The van der Waals surface area contributed by atoms with Gasteiger partial charge < -0.3 is 19.7 Å². The van der Waals surface area contributed by atoms with Gasteiger partial charge in [-0.15, -0.1) is 0 Å². The fourth-order valence-electron chi connectivity index (χ4n) is 3.52. The highest BCUT2D eigenvalue weighted by molar-refractivity contribution is 5.77. The number of rotatable bonds is 6. The van der Waals surface area contributed by atoms with Crippen molar-refractivity contribution in [2.75, 3.05) is 43.6 Å². The van der Waals surface area contributed by atoms with Gasteiger partial charge in [-0.2, -0.15) is 15.0 Å². The van der Waals surface area contributed by atoms with Gasteiger partial charge in [0.15, 0.2) is 5.82 Å². The maximum Gasteiger partial charge on any atom is 0.296 e. The average Bonchev–Trinajstić information content (AvgIpc) is 3.25. The Hall–Kier alpha value is -3.93. The number of alkyl halides is 2. The van der Waals surface area contributed by atoms with Gasteiger partial charge in [0, 0.05) is 19.2 Å². The SMILES string of the molecule is COc1ccc(Nc2nc(N3CCOCC3)nc(-n3c(C(F)F)nc4ccccc43)n2)cn1. The summed E-state index contributed by atoms with van der Waals surface area (Å²) in [5.74, 6) is 0.598. The van der Waals surface area contributed by atoms with Gasteiger partial charge >= 0.3 is 0 Å². The second kappa shape index (κ2) is 8.90. The van der Waals surface area contributed by atoms with Crippen molar-refractivity contribution in [2.24, 2.45) is 0 Å². The number of nitrogens with one attached hydrogen (secondary N) is 1. The number of pyridine rings is 1. The van der Waals surface area contributed by atoms with Crippen LogP contribution >= 0.6 is 0 Å². The predicted octanol–water partition coefficient (Wildman–Crippen LogP) is 3.13. The number of ether oxygens (including phenoxy) is 2. The number of morpholine rings is 1. The van der Waals surface area contributed by atoms with Crippen molar-refractivity contribution < 1.29 is 18.3 Å². The fourth-order valence-corrected chi connectivity index (χ4v) is 3.52. The Labute approximate surface area is 187 Å². The molecule has 0 saturated carbocycles. The van der Waals surface area contributed by atoms with Crippen LogP contribution in [0.4, 0.5) is 26.4 Å². The van der Waals surface area contributed by atoms with Gasteiger partial charge in [0.05, 0.1) is 43.2 Å². The number of hydrogen-bond donors (Lipinski definition) is 1. The van der Waals surface area contributed by atoms with Crippen LogP contribution in [0.2, 0.25) is 0 Å². The van der Waals surface area contributed by atoms with Crippen molar-refractivity contribution in [3.63, 3.8) is 0 Å². The molecule has 0 spiro atoms. The third kappa shape index (κ3) is 4.24. The third-order valence-electron chi connectivity index (χ3n) is 5.09. The van der Waals surface area contributed by atoms with Crippen LogP contribution in [0.3, 0.4) is 0 Å². The molecule has 1 aliphatic rings. The van der Waals surface area contributed by atoms with Crippen LogP contribution in [0.15, 0.2) is 42.6 Å². The third-order valence-corrected chi connectivity index (χ3v) is 5.09. The predicted molar refractivity (Wildman–Crippen MR) is 117 cm³/mol. The van der Waals surface area contributed by atoms with Crippen LogP contribution in [0.25, 0.3) is 17.0 Å². The van der Waals surface area contributed by atoms with Gasteiger partial charge in [0.1, 0.15) is 0 Å². The molecule has 12 heteroatoms. The number of nitrogens with zero attached hydrogens (tertiary/aromatic N) is 7. The zero-order valence-electron chi connectivity index (χ0n) is 17.7. The molecule has 10 nitrogen and oxygen atoms in total. The average molecular weight is 454 g/mol. The molecule has 3 aromatic heterocycles. The molecule has 1 fully saturated rings. The molecule has 1 N–H and O–H groups in total. The van der Waals surface area contributed by atoms with E-state index in [1.54, 1.807) is 42.6 Å². The Morgan fingerprint density at radius 3 is 2.52 bits per heavy atom. The van der Waals surface area contributed by atoms with E-state index in [0.717, 1.165) is 0 Å². The smallest absolute Gasteiger partial charge is 0.296 e. The number of benzene rings is 1. The number of methoxy groups -OCH3 is 1. The normalized spacial score (nSPS) is 14.1. The summed E-state index contributed by atoms with van der Waals surface area (Å²) in [6.07, 6.45) is -1.25. The molecule has 4 aromatic rings. The lowest BCUT2D eigenvalue weighted by Gasteiger charge is -2.27. The molecule has 0 bridgehead atoms. The molecule has 1 aliphatic heterocycles. The van der Waals surface area contributed by atoms with Gasteiger partial charge in [0.2, 0.25) is 23.7 Å². The van der Waals surface area contributed by atoms with Crippen LogP contribution in [-0.4, -0.2) is 62.9 Å². The first-order valence-electron chi connectivity index (χ1n) is 10.2. The van der Waals surface area contributed by atoms with Crippen LogP contribution in [0, 0.1) is 0 Å². The molecule has 5 rings (SSSR count). The number of imidazole rings is 1. The number of hydrogen-bond acceptors (Lipinski definition) is 9.